The molecule has 1 N–H and O–H groups in total. The van der Waals surface area contributed by atoms with Gasteiger partial charge in [-0.25, -0.2) is 0 Å². The van der Waals surface area contributed by atoms with Crippen molar-refractivity contribution in [1.29, 1.82) is 0 Å². The average Bonchev–Trinajstić information content (AvgIpc) is 2.37. The Balaban J connectivity index is 1.99. The summed E-state index contributed by atoms with van der Waals surface area (Å²) in [6, 6.07) is 0.586. The highest BCUT2D eigenvalue weighted by Gasteiger charge is 2.18. The van der Waals surface area contributed by atoms with E-state index in [2.05, 4.69) is 17.3 Å². The average molecular weight is 177 g/mol. The summed E-state index contributed by atoms with van der Waals surface area (Å²) in [5, 5.41) is 3.14. The van der Waals surface area contributed by atoms with Gasteiger partial charge in [0.15, 0.2) is 0 Å². The fourth-order valence-corrected chi connectivity index (χ4v) is 1.77. The molecule has 1 aliphatic heterocycles. The summed E-state index contributed by atoms with van der Waals surface area (Å²) in [6.07, 6.45) is 2.64. The number of alkyl halides is 1. The zero-order chi connectivity index (χ0) is 8.10. The monoisotopic (exact) mass is 176 g/mol. The van der Waals surface area contributed by atoms with Crippen molar-refractivity contribution in [2.45, 2.75) is 12.8 Å². The molecule has 0 aromatic rings. The smallest absolute Gasteiger partial charge is 0.0713 e. The number of likely N-dealkylation sites (tertiary alicyclic amines) is 1. The van der Waals surface area contributed by atoms with Crippen molar-refractivity contribution < 1.29 is 0 Å². The van der Waals surface area contributed by atoms with Gasteiger partial charge in [0.2, 0.25) is 0 Å². The van der Waals surface area contributed by atoms with E-state index >= 15 is 0 Å². The molecule has 2 nitrogen and oxygen atoms in total. The Hall–Kier alpha value is 0.210. The predicted octanol–water partition coefficient (Wildman–Crippen LogP) is 1.11. The predicted molar refractivity (Wildman–Crippen MR) is 48.9 cm³/mol. The Morgan fingerprint density at radius 2 is 2.45 bits per heavy atom. The van der Waals surface area contributed by atoms with Crippen LogP contribution in [0.5, 0.6) is 0 Å². The van der Waals surface area contributed by atoms with Gasteiger partial charge in [0.05, 0.1) is 6.00 Å². The number of rotatable bonds is 4. The van der Waals surface area contributed by atoms with E-state index in [0.717, 1.165) is 12.5 Å². The van der Waals surface area contributed by atoms with Gasteiger partial charge in [-0.3, -0.25) is 0 Å². The Labute approximate surface area is 73.9 Å². The van der Waals surface area contributed by atoms with E-state index in [-0.39, 0.29) is 0 Å². The second kappa shape index (κ2) is 4.96. The maximum absolute atomic E-state index is 5.49. The molecule has 0 saturated carbocycles. The van der Waals surface area contributed by atoms with Gasteiger partial charge in [0.1, 0.15) is 0 Å². The van der Waals surface area contributed by atoms with E-state index < -0.39 is 0 Å². The van der Waals surface area contributed by atoms with Crippen molar-refractivity contribution in [3.8, 4) is 0 Å². The minimum atomic E-state index is 0.586. The molecule has 0 amide bonds. The van der Waals surface area contributed by atoms with Crippen molar-refractivity contribution in [3.63, 3.8) is 0 Å². The van der Waals surface area contributed by atoms with Crippen molar-refractivity contribution in [2.75, 3.05) is 32.7 Å². The van der Waals surface area contributed by atoms with Gasteiger partial charge >= 0.3 is 0 Å². The molecule has 1 heterocycles. The number of hydrogen-bond donors (Lipinski definition) is 1. The molecule has 0 aromatic carbocycles. The molecular formula is C8H17ClN2. The molecule has 1 atom stereocenters. The van der Waals surface area contributed by atoms with Gasteiger partial charge in [0, 0.05) is 6.54 Å². The molecule has 1 unspecified atom stereocenters. The number of nitrogens with one attached hydrogen (secondary N) is 1. The van der Waals surface area contributed by atoms with Crippen molar-refractivity contribution in [3.05, 3.63) is 0 Å². The zero-order valence-electron chi connectivity index (χ0n) is 7.15. The molecule has 66 valence electrons. The van der Waals surface area contributed by atoms with Crippen LogP contribution in [0.3, 0.4) is 0 Å². The fraction of sp³-hybridized carbons (Fsp3) is 1.00. The van der Waals surface area contributed by atoms with E-state index in [1.165, 1.54) is 25.9 Å². The maximum Gasteiger partial charge on any atom is 0.0713 e. The normalized spacial score (nSPS) is 26.2. The highest BCUT2D eigenvalue weighted by atomic mass is 35.5. The fourth-order valence-electron chi connectivity index (χ4n) is 1.63. The second-order valence-electron chi connectivity index (χ2n) is 3.34. The van der Waals surface area contributed by atoms with Gasteiger partial charge in [-0.05, 0) is 38.9 Å². The summed E-state index contributed by atoms with van der Waals surface area (Å²) >= 11 is 5.49. The van der Waals surface area contributed by atoms with Crippen LogP contribution in [0.25, 0.3) is 0 Å². The Morgan fingerprint density at radius 3 is 3.00 bits per heavy atom. The van der Waals surface area contributed by atoms with Crippen LogP contribution in [0.1, 0.15) is 12.8 Å². The van der Waals surface area contributed by atoms with Crippen LogP contribution in [0.4, 0.5) is 0 Å². The van der Waals surface area contributed by atoms with E-state index in [9.17, 15) is 0 Å². The van der Waals surface area contributed by atoms with Crippen LogP contribution in [0.15, 0.2) is 0 Å². The molecule has 1 aliphatic rings. The molecule has 0 radical (unpaired) electrons. The molecule has 1 saturated heterocycles. The summed E-state index contributed by atoms with van der Waals surface area (Å²) in [5.74, 6) is 0.899. The van der Waals surface area contributed by atoms with Crippen molar-refractivity contribution in [2.24, 2.45) is 5.92 Å². The Kier molecular flexibility index (Phi) is 4.20. The van der Waals surface area contributed by atoms with Crippen LogP contribution in [-0.4, -0.2) is 37.6 Å². The van der Waals surface area contributed by atoms with Crippen molar-refractivity contribution >= 4 is 11.6 Å². The highest BCUT2D eigenvalue weighted by Crippen LogP contribution is 2.16. The minimum Gasteiger partial charge on any atom is -0.306 e. The van der Waals surface area contributed by atoms with E-state index in [4.69, 9.17) is 11.6 Å². The lowest BCUT2D eigenvalue weighted by Gasteiger charge is -2.09. The Morgan fingerprint density at radius 1 is 1.64 bits per heavy atom. The second-order valence-corrected chi connectivity index (χ2v) is 3.61. The Bertz CT molecular complexity index is 108. The molecule has 3 heteroatoms. The first-order valence-corrected chi connectivity index (χ1v) is 4.81. The zero-order valence-corrected chi connectivity index (χ0v) is 7.90. The summed E-state index contributed by atoms with van der Waals surface area (Å²) < 4.78 is 0. The van der Waals surface area contributed by atoms with Crippen LogP contribution < -0.4 is 5.32 Å². The largest absolute Gasteiger partial charge is 0.306 e. The first-order chi connectivity index (χ1) is 5.33. The molecule has 0 spiro atoms. The quantitative estimate of drug-likeness (QED) is 0.392. The maximum atomic E-state index is 5.49. The number of nitrogens with zero attached hydrogens (tertiary/aromatic N) is 1. The van der Waals surface area contributed by atoms with Crippen molar-refractivity contribution in [1.82, 2.24) is 10.2 Å². The summed E-state index contributed by atoms with van der Waals surface area (Å²) in [5.41, 5.74) is 0. The molecule has 11 heavy (non-hydrogen) atoms. The van der Waals surface area contributed by atoms with E-state index in [1.807, 2.05) is 0 Å². The van der Waals surface area contributed by atoms with Gasteiger partial charge in [0.25, 0.3) is 0 Å². The lowest BCUT2D eigenvalue weighted by atomic mass is 10.1. The van der Waals surface area contributed by atoms with Gasteiger partial charge in [-0.2, -0.15) is 0 Å². The lowest BCUT2D eigenvalue weighted by molar-refractivity contribution is 0.386. The summed E-state index contributed by atoms with van der Waals surface area (Å²) in [7, 11) is 2.19. The lowest BCUT2D eigenvalue weighted by Crippen LogP contribution is -2.19. The third-order valence-electron chi connectivity index (χ3n) is 2.31. The molecule has 0 aromatic heterocycles. The third-order valence-corrected chi connectivity index (χ3v) is 2.50. The first-order valence-electron chi connectivity index (χ1n) is 4.28. The molecule has 0 bridgehead atoms. The first kappa shape index (κ1) is 9.30. The molecule has 1 fully saturated rings. The minimum absolute atomic E-state index is 0.586. The van der Waals surface area contributed by atoms with Crippen LogP contribution in [0, 0.1) is 5.92 Å². The topological polar surface area (TPSA) is 15.3 Å². The van der Waals surface area contributed by atoms with Crippen LogP contribution >= 0.6 is 11.6 Å². The van der Waals surface area contributed by atoms with Gasteiger partial charge in [-0.1, -0.05) is 0 Å². The van der Waals surface area contributed by atoms with Gasteiger partial charge in [-0.15, -0.1) is 11.6 Å². The summed E-state index contributed by atoms with van der Waals surface area (Å²) in [4.78, 5) is 2.39. The molecular weight excluding hydrogens is 160 g/mol. The molecule has 1 rings (SSSR count). The van der Waals surface area contributed by atoms with Gasteiger partial charge < -0.3 is 10.2 Å². The van der Waals surface area contributed by atoms with E-state index in [1.54, 1.807) is 0 Å². The summed E-state index contributed by atoms with van der Waals surface area (Å²) in [6.45, 7) is 3.61. The molecule has 0 aliphatic carbocycles. The third kappa shape index (κ3) is 3.41. The SMILES string of the molecule is CN1CCC(CCNCCl)C1. The van der Waals surface area contributed by atoms with Crippen LogP contribution in [0.2, 0.25) is 0 Å². The van der Waals surface area contributed by atoms with E-state index in [0.29, 0.717) is 6.00 Å². The standard InChI is InChI=1S/C8H17ClN2/c1-11-5-3-8(6-11)2-4-10-7-9/h8,10H,2-7H2,1H3. The van der Waals surface area contributed by atoms with Crippen LogP contribution in [-0.2, 0) is 0 Å². The number of hydrogen-bond acceptors (Lipinski definition) is 2. The number of halogens is 1. The highest BCUT2D eigenvalue weighted by molar-refractivity contribution is 6.17.